The largest absolute Gasteiger partial charge is 0.350 e. The molecule has 1 aliphatic rings. The molecular formula is C20H20N2O2. The predicted octanol–water partition coefficient (Wildman–Crippen LogP) is 3.52. The molecule has 0 aliphatic carbocycles. The lowest BCUT2D eigenvalue weighted by molar-refractivity contribution is -0.136. The molecule has 0 fully saturated rings. The van der Waals surface area contributed by atoms with Gasteiger partial charge in [0.05, 0.1) is 5.57 Å². The Labute approximate surface area is 141 Å². The van der Waals surface area contributed by atoms with Crippen LogP contribution >= 0.6 is 0 Å². The minimum atomic E-state index is -0.278. The predicted molar refractivity (Wildman–Crippen MR) is 95.3 cm³/mol. The molecule has 0 saturated carbocycles. The summed E-state index contributed by atoms with van der Waals surface area (Å²) in [4.78, 5) is 26.6. The van der Waals surface area contributed by atoms with Gasteiger partial charge in [0.25, 0.3) is 11.8 Å². The van der Waals surface area contributed by atoms with E-state index in [9.17, 15) is 9.59 Å². The number of anilines is 1. The first kappa shape index (κ1) is 16.0. The Morgan fingerprint density at radius 2 is 1.62 bits per heavy atom. The molecule has 2 amide bonds. The van der Waals surface area contributed by atoms with Crippen LogP contribution in [0.4, 0.5) is 5.69 Å². The summed E-state index contributed by atoms with van der Waals surface area (Å²) in [5.74, 6) is -0.528. The zero-order valence-corrected chi connectivity index (χ0v) is 14.1. The molecule has 24 heavy (non-hydrogen) atoms. The van der Waals surface area contributed by atoms with Gasteiger partial charge in [0.1, 0.15) is 5.70 Å². The van der Waals surface area contributed by atoms with Gasteiger partial charge in [0, 0.05) is 12.2 Å². The second kappa shape index (κ2) is 6.32. The number of aryl methyl sites for hydroxylation is 2. The molecule has 2 aromatic carbocycles. The van der Waals surface area contributed by atoms with Crippen molar-refractivity contribution in [1.82, 2.24) is 4.90 Å². The zero-order valence-electron chi connectivity index (χ0n) is 14.1. The van der Waals surface area contributed by atoms with Gasteiger partial charge in [-0.3, -0.25) is 14.5 Å². The third-order valence-electron chi connectivity index (χ3n) is 4.32. The number of likely N-dealkylation sites (N-methyl/N-ethyl adjacent to an activating group) is 1. The summed E-state index contributed by atoms with van der Waals surface area (Å²) in [6, 6.07) is 15.2. The number of nitrogens with zero attached hydrogens (tertiary/aromatic N) is 1. The molecule has 1 aliphatic heterocycles. The fraction of sp³-hybridized carbons (Fsp3) is 0.200. The quantitative estimate of drug-likeness (QED) is 0.877. The van der Waals surface area contributed by atoms with Gasteiger partial charge >= 0.3 is 0 Å². The average Bonchev–Trinajstić information content (AvgIpc) is 2.82. The van der Waals surface area contributed by atoms with E-state index < -0.39 is 0 Å². The summed E-state index contributed by atoms with van der Waals surface area (Å²) in [6.07, 6.45) is 0. The van der Waals surface area contributed by atoms with E-state index in [1.807, 2.05) is 62.4 Å². The maximum Gasteiger partial charge on any atom is 0.278 e. The van der Waals surface area contributed by atoms with E-state index in [1.54, 1.807) is 6.92 Å². The smallest absolute Gasteiger partial charge is 0.278 e. The minimum absolute atomic E-state index is 0.250. The maximum absolute atomic E-state index is 12.7. The normalized spacial score (nSPS) is 14.5. The molecule has 1 heterocycles. The van der Waals surface area contributed by atoms with E-state index in [-0.39, 0.29) is 11.8 Å². The number of benzene rings is 2. The highest BCUT2D eigenvalue weighted by molar-refractivity contribution is 6.36. The molecule has 2 aromatic rings. The number of rotatable bonds is 4. The van der Waals surface area contributed by atoms with E-state index in [4.69, 9.17) is 0 Å². The van der Waals surface area contributed by atoms with Crippen molar-refractivity contribution in [3.63, 3.8) is 0 Å². The van der Waals surface area contributed by atoms with Gasteiger partial charge in [-0.15, -0.1) is 0 Å². The molecule has 0 spiro atoms. The second-order valence-electron chi connectivity index (χ2n) is 5.89. The lowest BCUT2D eigenvalue weighted by Crippen LogP contribution is -2.32. The topological polar surface area (TPSA) is 49.4 Å². The van der Waals surface area contributed by atoms with Crippen LogP contribution in [0.5, 0.6) is 0 Å². The summed E-state index contributed by atoms with van der Waals surface area (Å²) >= 11 is 0. The first-order valence-electron chi connectivity index (χ1n) is 8.03. The van der Waals surface area contributed by atoms with E-state index in [0.717, 1.165) is 16.8 Å². The Kier molecular flexibility index (Phi) is 4.21. The van der Waals surface area contributed by atoms with Crippen LogP contribution in [0.25, 0.3) is 5.57 Å². The van der Waals surface area contributed by atoms with Crippen LogP contribution in [-0.4, -0.2) is 23.3 Å². The number of hydrogen-bond donors (Lipinski definition) is 1. The lowest BCUT2D eigenvalue weighted by atomic mass is 10.0. The summed E-state index contributed by atoms with van der Waals surface area (Å²) < 4.78 is 0. The third kappa shape index (κ3) is 2.71. The van der Waals surface area contributed by atoms with E-state index >= 15 is 0 Å². The van der Waals surface area contributed by atoms with Gasteiger partial charge in [0.2, 0.25) is 0 Å². The van der Waals surface area contributed by atoms with Gasteiger partial charge in [-0.1, -0.05) is 36.4 Å². The van der Waals surface area contributed by atoms with Crippen molar-refractivity contribution in [1.29, 1.82) is 0 Å². The highest BCUT2D eigenvalue weighted by Crippen LogP contribution is 2.30. The molecule has 0 saturated heterocycles. The van der Waals surface area contributed by atoms with Crippen LogP contribution in [0.3, 0.4) is 0 Å². The Bertz CT molecular complexity index is 838. The molecule has 3 rings (SSSR count). The number of carbonyl (C=O) groups is 2. The fourth-order valence-corrected chi connectivity index (χ4v) is 2.82. The van der Waals surface area contributed by atoms with Gasteiger partial charge in [0.15, 0.2) is 0 Å². The van der Waals surface area contributed by atoms with E-state index in [1.165, 1.54) is 10.5 Å². The molecular weight excluding hydrogens is 300 g/mol. The van der Waals surface area contributed by atoms with Gasteiger partial charge in [-0.2, -0.15) is 0 Å². The molecule has 0 bridgehead atoms. The molecule has 4 heteroatoms. The minimum Gasteiger partial charge on any atom is -0.350 e. The first-order valence-corrected chi connectivity index (χ1v) is 8.03. The molecule has 0 unspecified atom stereocenters. The highest BCUT2D eigenvalue weighted by Gasteiger charge is 2.38. The first-order chi connectivity index (χ1) is 11.5. The number of nitrogens with one attached hydrogen (secondary N) is 1. The molecule has 1 N–H and O–H groups in total. The lowest BCUT2D eigenvalue weighted by Gasteiger charge is -2.12. The van der Waals surface area contributed by atoms with Crippen molar-refractivity contribution >= 4 is 23.1 Å². The van der Waals surface area contributed by atoms with Crippen LogP contribution in [-0.2, 0) is 9.59 Å². The Morgan fingerprint density at radius 3 is 2.25 bits per heavy atom. The molecule has 122 valence electrons. The molecule has 4 nitrogen and oxygen atoms in total. The Morgan fingerprint density at radius 1 is 0.917 bits per heavy atom. The van der Waals surface area contributed by atoms with Crippen LogP contribution in [0, 0.1) is 13.8 Å². The number of carbonyl (C=O) groups excluding carboxylic acids is 2. The van der Waals surface area contributed by atoms with Crippen molar-refractivity contribution in [2.75, 3.05) is 11.9 Å². The zero-order chi connectivity index (χ0) is 17.3. The number of hydrogen-bond acceptors (Lipinski definition) is 3. The third-order valence-corrected chi connectivity index (χ3v) is 4.32. The Balaban J connectivity index is 2.08. The van der Waals surface area contributed by atoms with Gasteiger partial charge < -0.3 is 5.32 Å². The molecule has 0 atom stereocenters. The van der Waals surface area contributed by atoms with Crippen molar-refractivity contribution in [2.45, 2.75) is 20.8 Å². The van der Waals surface area contributed by atoms with Crippen LogP contribution in [0.1, 0.15) is 23.6 Å². The van der Waals surface area contributed by atoms with E-state index in [0.29, 0.717) is 17.8 Å². The summed E-state index contributed by atoms with van der Waals surface area (Å²) in [6.45, 7) is 6.22. The highest BCUT2D eigenvalue weighted by atomic mass is 16.2. The number of imide groups is 1. The standard InChI is InChI=1S/C20H20N2O2/c1-4-22-19(23)17(15-8-6-5-7-9-15)18(20(22)24)21-16-11-10-13(2)14(3)12-16/h5-12,21H,4H2,1-3H3. The maximum atomic E-state index is 12.7. The van der Waals surface area contributed by atoms with Crippen LogP contribution in [0.2, 0.25) is 0 Å². The van der Waals surface area contributed by atoms with Crippen molar-refractivity contribution in [3.8, 4) is 0 Å². The summed E-state index contributed by atoms with van der Waals surface area (Å²) in [7, 11) is 0. The molecule has 0 radical (unpaired) electrons. The van der Waals surface area contributed by atoms with E-state index in [2.05, 4.69) is 5.32 Å². The SMILES string of the molecule is CCN1C(=O)C(Nc2ccc(C)c(C)c2)=C(c2ccccc2)C1=O. The monoisotopic (exact) mass is 320 g/mol. The van der Waals surface area contributed by atoms with Crippen LogP contribution < -0.4 is 5.32 Å². The second-order valence-corrected chi connectivity index (χ2v) is 5.89. The fourth-order valence-electron chi connectivity index (χ4n) is 2.82. The summed E-state index contributed by atoms with van der Waals surface area (Å²) in [5, 5.41) is 3.17. The van der Waals surface area contributed by atoms with Gasteiger partial charge in [-0.25, -0.2) is 0 Å². The molecule has 0 aromatic heterocycles. The Hall–Kier alpha value is -2.88. The average molecular weight is 320 g/mol. The summed E-state index contributed by atoms with van der Waals surface area (Å²) in [5.41, 5.74) is 4.64. The van der Waals surface area contributed by atoms with Crippen LogP contribution in [0.15, 0.2) is 54.2 Å². The van der Waals surface area contributed by atoms with Crippen molar-refractivity contribution in [2.24, 2.45) is 0 Å². The van der Waals surface area contributed by atoms with Crippen molar-refractivity contribution < 1.29 is 9.59 Å². The van der Waals surface area contributed by atoms with Crippen molar-refractivity contribution in [3.05, 3.63) is 70.9 Å². The number of amides is 2. The van der Waals surface area contributed by atoms with Gasteiger partial charge in [-0.05, 0) is 49.6 Å².